The average Bonchev–Trinajstić information content (AvgIpc) is 3.77. The zero-order chi connectivity index (χ0) is 31.2. The number of imide groups is 1. The predicted molar refractivity (Wildman–Crippen MR) is 170 cm³/mol. The summed E-state index contributed by atoms with van der Waals surface area (Å²) >= 11 is 0. The third-order valence-corrected chi connectivity index (χ3v) is 8.45. The van der Waals surface area contributed by atoms with Crippen LogP contribution in [0.5, 0.6) is 11.5 Å². The van der Waals surface area contributed by atoms with Crippen LogP contribution in [0.15, 0.2) is 121 Å². The summed E-state index contributed by atoms with van der Waals surface area (Å²) in [7, 11) is 0. The Morgan fingerprint density at radius 1 is 0.622 bits per heavy atom. The van der Waals surface area contributed by atoms with Crippen LogP contribution in [-0.2, 0) is 0 Å². The van der Waals surface area contributed by atoms with Gasteiger partial charge in [-0.25, -0.2) is 4.90 Å². The molecular formula is C38H28N2O5. The van der Waals surface area contributed by atoms with Gasteiger partial charge in [-0.15, -0.1) is 0 Å². The molecule has 2 aliphatic heterocycles. The van der Waals surface area contributed by atoms with E-state index in [0.717, 1.165) is 16.0 Å². The second-order valence-corrected chi connectivity index (χ2v) is 11.3. The molecule has 2 heterocycles. The monoisotopic (exact) mass is 592 g/mol. The predicted octanol–water partition coefficient (Wildman–Crippen LogP) is 7.34. The topological polar surface area (TPSA) is 83.8 Å². The second kappa shape index (κ2) is 11.0. The normalized spacial score (nSPS) is 16.8. The van der Waals surface area contributed by atoms with E-state index >= 15 is 0 Å². The van der Waals surface area contributed by atoms with E-state index in [1.807, 2.05) is 68.4 Å². The number of hydrogen-bond donors (Lipinski definition) is 0. The summed E-state index contributed by atoms with van der Waals surface area (Å²) < 4.78 is 5.96. The van der Waals surface area contributed by atoms with Gasteiger partial charge in [-0.05, 0) is 85.1 Å². The average molecular weight is 593 g/mol. The molecule has 0 saturated carbocycles. The Balaban J connectivity index is 1.13. The highest BCUT2D eigenvalue weighted by Crippen LogP contribution is 2.46. The first kappa shape index (κ1) is 28.0. The van der Waals surface area contributed by atoms with Crippen LogP contribution in [0.4, 0.5) is 5.69 Å². The molecule has 5 aromatic carbocycles. The molecule has 0 unspecified atom stereocenters. The van der Waals surface area contributed by atoms with Gasteiger partial charge in [-0.3, -0.25) is 19.2 Å². The number of aryl methyl sites for hydroxylation is 2. The van der Waals surface area contributed by atoms with E-state index in [2.05, 4.69) is 0 Å². The van der Waals surface area contributed by atoms with Gasteiger partial charge in [0.2, 0.25) is 0 Å². The highest BCUT2D eigenvalue weighted by Gasteiger charge is 2.56. The Kier molecular flexibility index (Phi) is 6.86. The molecule has 1 saturated heterocycles. The molecule has 2 atom stereocenters. The Hall–Kier alpha value is -5.82. The van der Waals surface area contributed by atoms with Crippen LogP contribution in [0.25, 0.3) is 0 Å². The molecule has 7 rings (SSSR count). The number of carbonyl (C=O) groups excluding carboxylic acids is 4. The Morgan fingerprint density at radius 2 is 1.27 bits per heavy atom. The van der Waals surface area contributed by atoms with Crippen molar-refractivity contribution in [1.82, 2.24) is 4.90 Å². The van der Waals surface area contributed by atoms with Gasteiger partial charge < -0.3 is 9.64 Å². The Morgan fingerprint density at radius 3 is 1.96 bits per heavy atom. The van der Waals surface area contributed by atoms with Crippen molar-refractivity contribution < 1.29 is 23.9 Å². The number of benzene rings is 5. The summed E-state index contributed by atoms with van der Waals surface area (Å²) in [6.45, 7) is 4.04. The van der Waals surface area contributed by atoms with Crippen molar-refractivity contribution in [1.29, 1.82) is 0 Å². The summed E-state index contributed by atoms with van der Waals surface area (Å²) in [6.07, 6.45) is 0. The fourth-order valence-corrected chi connectivity index (χ4v) is 5.85. The minimum atomic E-state index is -0.672. The van der Waals surface area contributed by atoms with Crippen molar-refractivity contribution in [3.05, 3.63) is 160 Å². The zero-order valence-electron chi connectivity index (χ0n) is 24.6. The fourth-order valence-electron chi connectivity index (χ4n) is 5.85. The van der Waals surface area contributed by atoms with Gasteiger partial charge in [0.05, 0.1) is 22.9 Å². The largest absolute Gasteiger partial charge is 0.457 e. The van der Waals surface area contributed by atoms with Crippen molar-refractivity contribution in [2.45, 2.75) is 25.9 Å². The van der Waals surface area contributed by atoms with Gasteiger partial charge in [-0.2, -0.15) is 0 Å². The Labute approximate surface area is 260 Å². The number of ether oxygens (including phenoxy) is 1. The van der Waals surface area contributed by atoms with Crippen molar-refractivity contribution in [3.8, 4) is 11.5 Å². The maximum atomic E-state index is 13.9. The van der Waals surface area contributed by atoms with Crippen molar-refractivity contribution in [3.63, 3.8) is 0 Å². The number of carbonyl (C=O) groups is 4. The molecule has 0 bridgehead atoms. The van der Waals surface area contributed by atoms with E-state index in [1.165, 1.54) is 17.7 Å². The van der Waals surface area contributed by atoms with Crippen molar-refractivity contribution in [2.75, 3.05) is 4.90 Å². The molecule has 7 heteroatoms. The first-order valence-electron chi connectivity index (χ1n) is 14.7. The lowest BCUT2D eigenvalue weighted by atomic mass is 10.0. The number of ketones is 1. The SMILES string of the molecule is Cc1ccc(Oc2ccc(N3C(=O)c4ccc(C(=O)N5[C@H](c6ccccc6)[C@@H]5C(=O)c5ccccc5)cc4C3=O)cc2)cc1C. The van der Waals surface area contributed by atoms with E-state index in [1.54, 1.807) is 59.5 Å². The number of anilines is 1. The van der Waals surface area contributed by atoms with Crippen LogP contribution in [-0.4, -0.2) is 34.4 Å². The van der Waals surface area contributed by atoms with Gasteiger partial charge in [0.25, 0.3) is 17.7 Å². The molecule has 0 aliphatic carbocycles. The molecule has 2 aliphatic rings. The fraction of sp³-hybridized carbons (Fsp3) is 0.105. The molecule has 0 N–H and O–H groups in total. The van der Waals surface area contributed by atoms with Gasteiger partial charge in [-0.1, -0.05) is 66.7 Å². The lowest BCUT2D eigenvalue weighted by Gasteiger charge is -2.15. The van der Waals surface area contributed by atoms with Crippen molar-refractivity contribution >= 4 is 29.2 Å². The van der Waals surface area contributed by atoms with Crippen LogP contribution < -0.4 is 9.64 Å². The van der Waals surface area contributed by atoms with Crippen LogP contribution in [0.1, 0.15) is 64.2 Å². The number of hydrogen-bond acceptors (Lipinski definition) is 5. The zero-order valence-corrected chi connectivity index (χ0v) is 24.6. The van der Waals surface area contributed by atoms with Crippen LogP contribution in [0.3, 0.4) is 0 Å². The standard InChI is InChI=1S/C38H28N2O5/c1-23-13-17-30(21-24(23)2)45-29-18-15-28(16-19-29)39-37(43)31-20-14-27(22-32(31)38(39)44)36(42)40-33(25-9-5-3-6-10-25)34(40)35(41)26-11-7-4-8-12-26/h3-22,33-34H,1-2H3/t33-,34-,40?/m1/s1. The highest BCUT2D eigenvalue weighted by molar-refractivity contribution is 6.34. The summed E-state index contributed by atoms with van der Waals surface area (Å²) in [6, 6.07) is 34.3. The summed E-state index contributed by atoms with van der Waals surface area (Å²) in [4.78, 5) is 56.9. The Bertz CT molecular complexity index is 1990. The molecule has 1 fully saturated rings. The molecule has 3 amide bonds. The van der Waals surface area contributed by atoms with E-state index in [9.17, 15) is 19.2 Å². The van der Waals surface area contributed by atoms with Gasteiger partial charge in [0.15, 0.2) is 5.78 Å². The molecular weight excluding hydrogens is 564 g/mol. The summed E-state index contributed by atoms with van der Waals surface area (Å²) in [5.41, 5.74) is 4.64. The molecule has 220 valence electrons. The summed E-state index contributed by atoms with van der Waals surface area (Å²) in [5.74, 6) is -0.263. The number of fused-ring (bicyclic) bond motifs is 1. The van der Waals surface area contributed by atoms with E-state index < -0.39 is 23.9 Å². The highest BCUT2D eigenvalue weighted by atomic mass is 16.5. The van der Waals surface area contributed by atoms with Crippen LogP contribution in [0, 0.1) is 13.8 Å². The van der Waals surface area contributed by atoms with Crippen molar-refractivity contribution in [2.24, 2.45) is 0 Å². The number of Topliss-reactive ketones (excluding diaryl/α,β-unsaturated/α-hetero) is 1. The minimum absolute atomic E-state index is 0.144. The van der Waals surface area contributed by atoms with Gasteiger partial charge in [0.1, 0.15) is 17.5 Å². The number of amides is 3. The van der Waals surface area contributed by atoms with Crippen LogP contribution in [0.2, 0.25) is 0 Å². The maximum Gasteiger partial charge on any atom is 0.266 e. The lowest BCUT2D eigenvalue weighted by molar-refractivity contribution is 0.0833. The smallest absolute Gasteiger partial charge is 0.266 e. The first-order chi connectivity index (χ1) is 21.8. The number of nitrogens with zero attached hydrogens (tertiary/aromatic N) is 2. The number of rotatable bonds is 7. The lowest BCUT2D eigenvalue weighted by Crippen LogP contribution is -2.29. The molecule has 0 radical (unpaired) electrons. The van der Waals surface area contributed by atoms with E-state index in [4.69, 9.17) is 4.74 Å². The first-order valence-corrected chi connectivity index (χ1v) is 14.7. The minimum Gasteiger partial charge on any atom is -0.457 e. The third-order valence-electron chi connectivity index (χ3n) is 8.45. The van der Waals surface area contributed by atoms with Gasteiger partial charge in [0, 0.05) is 11.1 Å². The third kappa shape index (κ3) is 4.98. The van der Waals surface area contributed by atoms with Gasteiger partial charge >= 0.3 is 0 Å². The molecule has 7 nitrogen and oxygen atoms in total. The summed E-state index contributed by atoms with van der Waals surface area (Å²) in [5, 5.41) is 0. The van der Waals surface area contributed by atoms with E-state index in [0.29, 0.717) is 22.7 Å². The second-order valence-electron chi connectivity index (χ2n) is 11.3. The molecule has 45 heavy (non-hydrogen) atoms. The molecule has 0 aromatic heterocycles. The molecule has 0 spiro atoms. The van der Waals surface area contributed by atoms with E-state index in [-0.39, 0.29) is 28.4 Å². The maximum absolute atomic E-state index is 13.9. The quantitative estimate of drug-likeness (QED) is 0.112. The molecule has 5 aromatic rings. The van der Waals surface area contributed by atoms with Crippen LogP contribution >= 0.6 is 0 Å².